The summed E-state index contributed by atoms with van der Waals surface area (Å²) in [5.41, 5.74) is 2.60. The van der Waals surface area contributed by atoms with E-state index in [-0.39, 0.29) is 30.8 Å². The third-order valence-electron chi connectivity index (χ3n) is 5.74. The van der Waals surface area contributed by atoms with Crippen molar-refractivity contribution in [1.29, 1.82) is 0 Å². The van der Waals surface area contributed by atoms with E-state index in [4.69, 9.17) is 10.2 Å². The van der Waals surface area contributed by atoms with Gasteiger partial charge in [-0.15, -0.1) is 0 Å². The minimum absolute atomic E-state index is 0.000000000000000444. The fraction of sp³-hybridized carbons (Fsp3) is 0.524. The Morgan fingerprint density at radius 3 is 2.48 bits per heavy atom. The first-order valence-electron chi connectivity index (χ1n) is 10.0. The monoisotopic (exact) mass is 402 g/mol. The summed E-state index contributed by atoms with van der Waals surface area (Å²) < 4.78 is 0. The summed E-state index contributed by atoms with van der Waals surface area (Å²) in [5.74, 6) is -1.45. The number of carbonyl (C=O) groups excluding carboxylic acids is 3. The Bertz CT molecular complexity index is 817. The van der Waals surface area contributed by atoms with Crippen molar-refractivity contribution in [3.05, 3.63) is 34.9 Å². The molecule has 1 unspecified atom stereocenters. The van der Waals surface area contributed by atoms with Crippen LogP contribution in [-0.2, 0) is 27.3 Å². The zero-order chi connectivity index (χ0) is 21.0. The highest BCUT2D eigenvalue weighted by molar-refractivity contribution is 6.05. The second-order valence-electron chi connectivity index (χ2n) is 7.64. The number of nitrogens with one attached hydrogen (secondary N) is 1. The smallest absolute Gasteiger partial charge is 0.306 e. The average Bonchev–Trinajstić information content (AvgIpc) is 2.96. The van der Waals surface area contributed by atoms with Crippen molar-refractivity contribution in [3.63, 3.8) is 0 Å². The molecule has 0 spiro atoms. The summed E-state index contributed by atoms with van der Waals surface area (Å²) in [6.07, 6.45) is 4.88. The minimum Gasteiger partial charge on any atom is -0.481 e. The van der Waals surface area contributed by atoms with Crippen LogP contribution in [0.25, 0.3) is 0 Å². The van der Waals surface area contributed by atoms with Crippen LogP contribution in [0.1, 0.15) is 60.0 Å². The van der Waals surface area contributed by atoms with Crippen molar-refractivity contribution in [3.8, 4) is 0 Å². The first-order valence-corrected chi connectivity index (χ1v) is 10.0. The van der Waals surface area contributed by atoms with Crippen LogP contribution in [0.15, 0.2) is 18.2 Å². The standard InChI is InChI=1S/C16H18N2O4.C5H8O2/c19-8-2-4-10-3-1-5-11-12(10)9-18(16(11)22)13-6-7-14(20)17-15(13)21;6-5(7)4-2-1-3-4/h1,3,5,13,19H,2,4,6-9H2,(H,17,20,21);4H,1-3H2,(H,6,7). The topological polar surface area (TPSA) is 124 Å². The highest BCUT2D eigenvalue weighted by Gasteiger charge is 2.39. The number of nitrogens with zero attached hydrogens (tertiary/aromatic N) is 1. The molecule has 1 aromatic carbocycles. The van der Waals surface area contributed by atoms with Crippen LogP contribution in [0.2, 0.25) is 0 Å². The Morgan fingerprint density at radius 1 is 1.17 bits per heavy atom. The molecule has 0 bridgehead atoms. The van der Waals surface area contributed by atoms with Crippen molar-refractivity contribution in [1.82, 2.24) is 10.2 Å². The van der Waals surface area contributed by atoms with Crippen LogP contribution in [-0.4, -0.2) is 51.5 Å². The molecule has 1 saturated carbocycles. The third-order valence-corrected chi connectivity index (χ3v) is 5.74. The molecule has 8 heteroatoms. The summed E-state index contributed by atoms with van der Waals surface area (Å²) in [6, 6.07) is 4.97. The normalized spacial score (nSPS) is 21.1. The lowest BCUT2D eigenvalue weighted by atomic mass is 9.86. The maximum Gasteiger partial charge on any atom is 0.306 e. The number of aryl methyl sites for hydroxylation is 1. The quantitative estimate of drug-likeness (QED) is 0.637. The number of carbonyl (C=O) groups is 4. The molecule has 0 radical (unpaired) electrons. The summed E-state index contributed by atoms with van der Waals surface area (Å²) in [4.78, 5) is 47.3. The van der Waals surface area contributed by atoms with Gasteiger partial charge in [-0.05, 0) is 49.3 Å². The number of aliphatic hydroxyl groups excluding tert-OH is 1. The van der Waals surface area contributed by atoms with Gasteiger partial charge in [0, 0.05) is 25.1 Å². The molecule has 1 aromatic rings. The molecule has 4 rings (SSSR count). The molecule has 0 aromatic heterocycles. The maximum atomic E-state index is 12.6. The minimum atomic E-state index is -0.619. The largest absolute Gasteiger partial charge is 0.481 e. The Hall–Kier alpha value is -2.74. The molecular weight excluding hydrogens is 376 g/mol. The lowest BCUT2D eigenvalue weighted by Crippen LogP contribution is -2.52. The predicted molar refractivity (Wildman–Crippen MR) is 103 cm³/mol. The molecular formula is C21H26N2O6. The molecule has 2 heterocycles. The van der Waals surface area contributed by atoms with E-state index >= 15 is 0 Å². The molecule has 1 saturated heterocycles. The number of hydrogen-bond donors (Lipinski definition) is 3. The lowest BCUT2D eigenvalue weighted by molar-refractivity contribution is -0.144. The zero-order valence-electron chi connectivity index (χ0n) is 16.2. The van der Waals surface area contributed by atoms with Crippen molar-refractivity contribution in [2.45, 2.75) is 57.5 Å². The molecule has 1 aliphatic carbocycles. The van der Waals surface area contributed by atoms with Crippen LogP contribution >= 0.6 is 0 Å². The summed E-state index contributed by atoms with van der Waals surface area (Å²) in [7, 11) is 0. The van der Waals surface area contributed by atoms with Crippen LogP contribution < -0.4 is 5.32 Å². The van der Waals surface area contributed by atoms with E-state index in [0.717, 1.165) is 30.4 Å². The number of carboxylic acids is 1. The Balaban J connectivity index is 0.000000290. The van der Waals surface area contributed by atoms with Gasteiger partial charge in [-0.3, -0.25) is 24.5 Å². The van der Waals surface area contributed by atoms with Gasteiger partial charge < -0.3 is 15.1 Å². The van der Waals surface area contributed by atoms with E-state index < -0.39 is 17.9 Å². The van der Waals surface area contributed by atoms with E-state index in [1.165, 1.54) is 0 Å². The first-order chi connectivity index (χ1) is 13.9. The van der Waals surface area contributed by atoms with E-state index in [1.807, 2.05) is 12.1 Å². The third kappa shape index (κ3) is 4.64. The Morgan fingerprint density at radius 2 is 1.93 bits per heavy atom. The van der Waals surface area contributed by atoms with Crippen molar-refractivity contribution < 1.29 is 29.4 Å². The number of rotatable bonds is 5. The highest BCUT2D eigenvalue weighted by atomic mass is 16.4. The van der Waals surface area contributed by atoms with Gasteiger partial charge in [0.05, 0.1) is 5.92 Å². The van der Waals surface area contributed by atoms with Gasteiger partial charge >= 0.3 is 5.97 Å². The molecule has 1 atom stereocenters. The van der Waals surface area contributed by atoms with E-state index in [0.29, 0.717) is 31.4 Å². The highest BCUT2D eigenvalue weighted by Crippen LogP contribution is 2.30. The fourth-order valence-electron chi connectivity index (χ4n) is 3.81. The number of fused-ring (bicyclic) bond motifs is 1. The number of piperidine rings is 1. The number of hydrogen-bond acceptors (Lipinski definition) is 5. The van der Waals surface area contributed by atoms with Crippen molar-refractivity contribution in [2.75, 3.05) is 6.61 Å². The second kappa shape index (κ2) is 9.17. The Kier molecular flexibility index (Phi) is 6.64. The number of amides is 3. The van der Waals surface area contributed by atoms with Gasteiger partial charge in [-0.25, -0.2) is 0 Å². The van der Waals surface area contributed by atoms with Gasteiger partial charge in [-0.1, -0.05) is 18.6 Å². The molecule has 156 valence electrons. The first kappa shape index (κ1) is 21.0. The zero-order valence-corrected chi connectivity index (χ0v) is 16.2. The van der Waals surface area contributed by atoms with E-state index in [2.05, 4.69) is 5.32 Å². The number of aliphatic hydroxyl groups is 1. The van der Waals surface area contributed by atoms with Crippen molar-refractivity contribution >= 4 is 23.7 Å². The number of imide groups is 1. The van der Waals surface area contributed by atoms with Gasteiger partial charge in [0.1, 0.15) is 6.04 Å². The van der Waals surface area contributed by atoms with Crippen LogP contribution in [0.5, 0.6) is 0 Å². The molecule has 8 nitrogen and oxygen atoms in total. The SMILES string of the molecule is O=C(O)C1CCC1.O=C1CCC(N2Cc3c(CCCO)cccc3C2=O)C(=O)N1. The molecule has 2 aliphatic heterocycles. The van der Waals surface area contributed by atoms with Crippen molar-refractivity contribution in [2.24, 2.45) is 5.92 Å². The van der Waals surface area contributed by atoms with E-state index in [1.54, 1.807) is 11.0 Å². The molecule has 3 amide bonds. The molecule has 29 heavy (non-hydrogen) atoms. The van der Waals surface area contributed by atoms with Gasteiger partial charge in [0.15, 0.2) is 0 Å². The number of aliphatic carboxylic acids is 1. The second-order valence-corrected chi connectivity index (χ2v) is 7.64. The van der Waals surface area contributed by atoms with Crippen LogP contribution in [0.3, 0.4) is 0 Å². The van der Waals surface area contributed by atoms with E-state index in [9.17, 15) is 19.2 Å². The van der Waals surface area contributed by atoms with Crippen LogP contribution in [0, 0.1) is 5.92 Å². The van der Waals surface area contributed by atoms with Gasteiger partial charge in [-0.2, -0.15) is 0 Å². The van der Waals surface area contributed by atoms with Crippen LogP contribution in [0.4, 0.5) is 0 Å². The summed E-state index contributed by atoms with van der Waals surface area (Å²) >= 11 is 0. The lowest BCUT2D eigenvalue weighted by Gasteiger charge is -2.29. The number of carboxylic acid groups (broad SMARTS) is 1. The van der Waals surface area contributed by atoms with Gasteiger partial charge in [0.2, 0.25) is 11.8 Å². The maximum absolute atomic E-state index is 12.6. The summed E-state index contributed by atoms with van der Waals surface area (Å²) in [6.45, 7) is 0.497. The fourth-order valence-corrected chi connectivity index (χ4v) is 3.81. The molecule has 3 aliphatic rings. The predicted octanol–water partition coefficient (Wildman–Crippen LogP) is 1.24. The molecule has 3 N–H and O–H groups in total. The Labute approximate surface area is 168 Å². The number of benzene rings is 1. The molecule has 2 fully saturated rings. The summed E-state index contributed by atoms with van der Waals surface area (Å²) in [5, 5.41) is 19.5. The van der Waals surface area contributed by atoms with Gasteiger partial charge in [0.25, 0.3) is 5.91 Å². The average molecular weight is 402 g/mol.